The second-order valence-electron chi connectivity index (χ2n) is 5.13. The number of β-lactam (4-membered cyclic amide) rings is 1. The van der Waals surface area contributed by atoms with Crippen LogP contribution in [-0.2, 0) is 24.2 Å². The van der Waals surface area contributed by atoms with Crippen molar-refractivity contribution < 1.29 is 32.6 Å². The fraction of sp³-hybridized carbons (Fsp3) is 0.385. The largest absolute Gasteiger partial charge is 0.446 e. The van der Waals surface area contributed by atoms with Gasteiger partial charge in [-0.25, -0.2) is 13.2 Å². The first-order valence-electron chi connectivity index (χ1n) is 6.76. The minimum absolute atomic E-state index is 0.0272. The van der Waals surface area contributed by atoms with E-state index in [2.05, 4.69) is 0 Å². The molecule has 0 aromatic carbocycles. The van der Waals surface area contributed by atoms with Gasteiger partial charge in [0.05, 0.1) is 11.8 Å². The molecule has 1 N–H and O–H groups in total. The Bertz CT molecular complexity index is 840. The van der Waals surface area contributed by atoms with E-state index in [4.69, 9.17) is 9.47 Å². The average molecular weight is 391 g/mol. The number of ether oxygens (including phenoxy) is 2. The van der Waals surface area contributed by atoms with Crippen molar-refractivity contribution in [3.05, 3.63) is 22.2 Å². The van der Waals surface area contributed by atoms with Gasteiger partial charge in [0.1, 0.15) is 0 Å². The maximum atomic E-state index is 12.2. The molecule has 1 aromatic heterocycles. The van der Waals surface area contributed by atoms with E-state index in [0.29, 0.717) is 0 Å². The number of fused-ring (bicyclic) bond motifs is 1. The molecule has 0 unspecified atom stereocenters. The Labute approximate surface area is 146 Å². The van der Waals surface area contributed by atoms with Crippen LogP contribution in [0.1, 0.15) is 13.3 Å². The number of hydrogen-bond donors (Lipinski definition) is 1. The van der Waals surface area contributed by atoms with Crippen LogP contribution in [0.5, 0.6) is 5.75 Å². The van der Waals surface area contributed by atoms with Gasteiger partial charge in [-0.05, 0) is 18.4 Å². The molecule has 130 valence electrons. The molecule has 24 heavy (non-hydrogen) atoms. The third kappa shape index (κ3) is 3.04. The van der Waals surface area contributed by atoms with Crippen LogP contribution >= 0.6 is 23.1 Å². The Morgan fingerprint density at radius 1 is 1.50 bits per heavy atom. The number of sulfone groups is 1. The van der Waals surface area contributed by atoms with Gasteiger partial charge >= 0.3 is 5.97 Å². The summed E-state index contributed by atoms with van der Waals surface area (Å²) in [6.45, 7) is 1.26. The molecule has 3 heterocycles. The first kappa shape index (κ1) is 17.3. The van der Waals surface area contributed by atoms with E-state index >= 15 is 0 Å². The number of thioether (sulfide) groups is 1. The zero-order valence-corrected chi connectivity index (χ0v) is 15.0. The maximum Gasteiger partial charge on any atom is 0.361 e. The van der Waals surface area contributed by atoms with Gasteiger partial charge in [-0.1, -0.05) is 11.8 Å². The van der Waals surface area contributed by atoms with Crippen molar-refractivity contribution in [1.29, 1.82) is 0 Å². The van der Waals surface area contributed by atoms with Gasteiger partial charge in [0.2, 0.25) is 5.91 Å². The van der Waals surface area contributed by atoms with Crippen LogP contribution in [0.25, 0.3) is 0 Å². The van der Waals surface area contributed by atoms with Crippen LogP contribution in [0.4, 0.5) is 0 Å². The SMILES string of the molecule is C[C@H](O)OC(=O)C1=C(Oc2ccsc2S(C)(=O)=O)S[C@@H]2CC(=O)N12. The molecule has 0 bridgehead atoms. The number of carbonyl (C=O) groups excluding carboxylic acids is 2. The monoisotopic (exact) mass is 391 g/mol. The van der Waals surface area contributed by atoms with Crippen molar-refractivity contribution in [2.24, 2.45) is 0 Å². The van der Waals surface area contributed by atoms with E-state index in [9.17, 15) is 23.1 Å². The highest BCUT2D eigenvalue weighted by molar-refractivity contribution is 8.03. The number of rotatable bonds is 5. The lowest BCUT2D eigenvalue weighted by Gasteiger charge is -2.33. The molecule has 1 amide bonds. The maximum absolute atomic E-state index is 12.2. The van der Waals surface area contributed by atoms with Crippen LogP contribution in [0.3, 0.4) is 0 Å². The summed E-state index contributed by atoms with van der Waals surface area (Å²) in [6, 6.07) is 1.48. The summed E-state index contributed by atoms with van der Waals surface area (Å²) in [5, 5.41) is 10.6. The van der Waals surface area contributed by atoms with Crippen LogP contribution in [-0.4, -0.2) is 48.2 Å². The molecule has 2 aliphatic rings. The number of aliphatic hydroxyl groups excluding tert-OH is 1. The molecule has 11 heteroatoms. The number of amides is 1. The van der Waals surface area contributed by atoms with Crippen LogP contribution in [0.15, 0.2) is 26.4 Å². The second kappa shape index (κ2) is 6.06. The highest BCUT2D eigenvalue weighted by Gasteiger charge is 2.50. The van der Waals surface area contributed by atoms with Gasteiger partial charge in [0.15, 0.2) is 36.9 Å². The third-order valence-electron chi connectivity index (χ3n) is 3.19. The summed E-state index contributed by atoms with van der Waals surface area (Å²) >= 11 is 2.13. The summed E-state index contributed by atoms with van der Waals surface area (Å²) in [7, 11) is -3.49. The molecule has 8 nitrogen and oxygen atoms in total. The second-order valence-corrected chi connectivity index (χ2v) is 9.41. The van der Waals surface area contributed by atoms with E-state index in [1.54, 1.807) is 5.38 Å². The summed E-state index contributed by atoms with van der Waals surface area (Å²) in [4.78, 5) is 25.1. The number of esters is 1. The Morgan fingerprint density at radius 2 is 2.21 bits per heavy atom. The highest BCUT2D eigenvalue weighted by atomic mass is 32.2. The van der Waals surface area contributed by atoms with E-state index in [0.717, 1.165) is 29.4 Å². The fourth-order valence-electron chi connectivity index (χ4n) is 2.22. The molecule has 3 rings (SSSR count). The Hall–Kier alpha value is -1.56. The van der Waals surface area contributed by atoms with Gasteiger partial charge in [-0.15, -0.1) is 11.3 Å². The summed E-state index contributed by atoms with van der Waals surface area (Å²) in [6.07, 6.45) is -0.0494. The minimum Gasteiger partial charge on any atom is -0.446 e. The predicted molar refractivity (Wildman–Crippen MR) is 85.7 cm³/mol. The molecule has 1 fully saturated rings. The van der Waals surface area contributed by atoms with Crippen LogP contribution < -0.4 is 4.74 Å². The number of thiophene rings is 1. The smallest absolute Gasteiger partial charge is 0.361 e. The van der Waals surface area contributed by atoms with Crippen molar-refractivity contribution in [2.75, 3.05) is 6.26 Å². The number of carbonyl (C=O) groups is 2. The molecular formula is C13H13NO7S3. The number of hydrogen-bond acceptors (Lipinski definition) is 9. The van der Waals surface area contributed by atoms with E-state index in [1.807, 2.05) is 0 Å². The van der Waals surface area contributed by atoms with E-state index in [-0.39, 0.29) is 38.4 Å². The third-order valence-corrected chi connectivity index (χ3v) is 7.09. The average Bonchev–Trinajstić information content (AvgIpc) is 3.00. The van der Waals surface area contributed by atoms with Gasteiger partial charge in [-0.2, -0.15) is 0 Å². The molecule has 0 saturated carbocycles. The fourth-order valence-corrected chi connectivity index (χ4v) is 5.34. The van der Waals surface area contributed by atoms with Crippen molar-refractivity contribution >= 4 is 44.8 Å². The quantitative estimate of drug-likeness (QED) is 0.448. The van der Waals surface area contributed by atoms with Crippen molar-refractivity contribution in [1.82, 2.24) is 4.90 Å². The summed E-state index contributed by atoms with van der Waals surface area (Å²) in [5.74, 6) is -1.08. The molecule has 1 aromatic rings. The Morgan fingerprint density at radius 3 is 2.79 bits per heavy atom. The van der Waals surface area contributed by atoms with Crippen LogP contribution in [0.2, 0.25) is 0 Å². The Kier molecular flexibility index (Phi) is 4.36. The van der Waals surface area contributed by atoms with Gasteiger partial charge in [0, 0.05) is 6.26 Å². The molecule has 1 saturated heterocycles. The van der Waals surface area contributed by atoms with Crippen molar-refractivity contribution in [3.63, 3.8) is 0 Å². The molecular weight excluding hydrogens is 378 g/mol. The van der Waals surface area contributed by atoms with Gasteiger partial charge < -0.3 is 14.6 Å². The molecule has 2 atom stereocenters. The predicted octanol–water partition coefficient (Wildman–Crippen LogP) is 0.886. The first-order chi connectivity index (χ1) is 11.2. The topological polar surface area (TPSA) is 110 Å². The summed E-state index contributed by atoms with van der Waals surface area (Å²) < 4.78 is 33.9. The molecule has 0 radical (unpaired) electrons. The van der Waals surface area contributed by atoms with Crippen LogP contribution in [0, 0.1) is 0 Å². The van der Waals surface area contributed by atoms with Gasteiger partial charge in [-0.3, -0.25) is 9.69 Å². The van der Waals surface area contributed by atoms with Crippen molar-refractivity contribution in [3.8, 4) is 5.75 Å². The highest BCUT2D eigenvalue weighted by Crippen LogP contribution is 2.47. The van der Waals surface area contributed by atoms with E-state index < -0.39 is 22.1 Å². The van der Waals surface area contributed by atoms with Gasteiger partial charge in [0.25, 0.3) is 0 Å². The lowest BCUT2D eigenvalue weighted by Crippen LogP contribution is -2.48. The standard InChI is InChI=1S/C13H13NO7S3/c1-6(15)20-11(17)10-12(23-9-5-8(16)14(9)10)21-7-3-4-22-13(7)24(2,18)19/h3-4,6,9,15H,5H2,1-2H3/t6-,9-/m1/s1. The lowest BCUT2D eigenvalue weighted by atomic mass is 10.2. The number of aliphatic hydroxyl groups is 1. The molecule has 0 aliphatic carbocycles. The van der Waals surface area contributed by atoms with E-state index in [1.165, 1.54) is 17.9 Å². The molecule has 0 spiro atoms. The molecule has 2 aliphatic heterocycles. The zero-order chi connectivity index (χ0) is 17.6. The summed E-state index contributed by atoms with van der Waals surface area (Å²) in [5.41, 5.74) is -0.118. The zero-order valence-electron chi connectivity index (χ0n) is 12.6. The Balaban J connectivity index is 1.96. The lowest BCUT2D eigenvalue weighted by molar-refractivity contribution is -0.165. The first-order valence-corrected chi connectivity index (χ1v) is 10.4. The normalized spacial score (nSPS) is 21.4. The number of nitrogens with zero attached hydrogens (tertiary/aromatic N) is 1. The van der Waals surface area contributed by atoms with Crippen molar-refractivity contribution in [2.45, 2.75) is 29.2 Å². The minimum atomic E-state index is -3.49.